The first kappa shape index (κ1) is 10.1. The Morgan fingerprint density at radius 2 is 2.31 bits per heavy atom. The molecule has 2 aromatic heterocycles. The third kappa shape index (κ3) is 1.43. The van der Waals surface area contributed by atoms with E-state index in [-0.39, 0.29) is 5.92 Å². The maximum atomic E-state index is 5.55. The number of hydrogen-bond acceptors (Lipinski definition) is 4. The zero-order valence-electron chi connectivity index (χ0n) is 8.70. The molecular weight excluding hydrogens is 274 g/mol. The second-order valence-electron chi connectivity index (χ2n) is 3.81. The fourth-order valence-corrected chi connectivity index (χ4v) is 2.47. The Morgan fingerprint density at radius 1 is 1.44 bits per heavy atom. The molecule has 1 unspecified atom stereocenters. The Balaban J connectivity index is 2.08. The van der Waals surface area contributed by atoms with E-state index in [2.05, 4.69) is 20.9 Å². The molecule has 5 heteroatoms. The minimum absolute atomic E-state index is 0.0845. The van der Waals surface area contributed by atoms with Crippen molar-refractivity contribution in [2.45, 2.75) is 19.4 Å². The van der Waals surface area contributed by atoms with E-state index in [0.29, 0.717) is 13.2 Å². The molecule has 1 atom stereocenters. The smallest absolute Gasteiger partial charge is 0.181 e. The normalized spacial score (nSPS) is 19.8. The molecule has 0 fully saturated rings. The van der Waals surface area contributed by atoms with Gasteiger partial charge in [0.05, 0.1) is 31.1 Å². The van der Waals surface area contributed by atoms with Gasteiger partial charge < -0.3 is 13.6 Å². The monoisotopic (exact) mass is 283 g/mol. The standard InChI is InChI=1S/C11H10BrNO3/c1-6-10(16-5-13-6)8-2-14-3-9-7(8)4-15-11(9)12/h4-5,8H,2-3H2,1H3. The van der Waals surface area contributed by atoms with Gasteiger partial charge >= 0.3 is 0 Å². The summed E-state index contributed by atoms with van der Waals surface area (Å²) >= 11 is 3.37. The van der Waals surface area contributed by atoms with Gasteiger partial charge in [0, 0.05) is 11.1 Å². The van der Waals surface area contributed by atoms with Crippen molar-refractivity contribution in [3.05, 3.63) is 39.9 Å². The lowest BCUT2D eigenvalue weighted by Gasteiger charge is -2.20. The third-order valence-electron chi connectivity index (χ3n) is 2.88. The highest BCUT2D eigenvalue weighted by atomic mass is 79.9. The van der Waals surface area contributed by atoms with Crippen LogP contribution < -0.4 is 0 Å². The van der Waals surface area contributed by atoms with Gasteiger partial charge in [-0.25, -0.2) is 4.98 Å². The van der Waals surface area contributed by atoms with Crippen molar-refractivity contribution in [3.8, 4) is 0 Å². The summed E-state index contributed by atoms with van der Waals surface area (Å²) in [6, 6.07) is 0. The number of furan rings is 1. The molecule has 1 aliphatic heterocycles. The van der Waals surface area contributed by atoms with Crippen LogP contribution >= 0.6 is 15.9 Å². The van der Waals surface area contributed by atoms with Crippen LogP contribution in [0.25, 0.3) is 0 Å². The molecule has 16 heavy (non-hydrogen) atoms. The molecule has 0 spiro atoms. The number of rotatable bonds is 1. The molecule has 0 saturated heterocycles. The second kappa shape index (κ2) is 3.75. The molecule has 0 aliphatic carbocycles. The predicted octanol–water partition coefficient (Wildman–Crippen LogP) is 3.00. The van der Waals surface area contributed by atoms with E-state index in [0.717, 1.165) is 27.3 Å². The average Bonchev–Trinajstić information content (AvgIpc) is 2.86. The van der Waals surface area contributed by atoms with Crippen LogP contribution in [0.5, 0.6) is 0 Å². The molecule has 0 bridgehead atoms. The summed E-state index contributed by atoms with van der Waals surface area (Å²) in [6.45, 7) is 3.12. The van der Waals surface area contributed by atoms with Crippen molar-refractivity contribution in [3.63, 3.8) is 0 Å². The maximum Gasteiger partial charge on any atom is 0.181 e. The molecule has 0 amide bonds. The molecule has 4 nitrogen and oxygen atoms in total. The first-order valence-corrected chi connectivity index (χ1v) is 5.80. The van der Waals surface area contributed by atoms with Gasteiger partial charge in [0.1, 0.15) is 5.76 Å². The van der Waals surface area contributed by atoms with Crippen LogP contribution in [0.1, 0.15) is 28.5 Å². The van der Waals surface area contributed by atoms with Crippen LogP contribution in [-0.4, -0.2) is 11.6 Å². The fraction of sp³-hybridized carbons (Fsp3) is 0.364. The van der Waals surface area contributed by atoms with Crippen LogP contribution in [0, 0.1) is 6.92 Å². The SMILES string of the molecule is Cc1ncoc1C1COCc2c1coc2Br. The van der Waals surface area contributed by atoms with Gasteiger partial charge in [-0.05, 0) is 22.9 Å². The van der Waals surface area contributed by atoms with Crippen LogP contribution in [0.2, 0.25) is 0 Å². The molecule has 0 N–H and O–H groups in total. The lowest BCUT2D eigenvalue weighted by atomic mass is 9.94. The van der Waals surface area contributed by atoms with Gasteiger partial charge in [0.25, 0.3) is 0 Å². The highest BCUT2D eigenvalue weighted by Crippen LogP contribution is 2.37. The zero-order valence-corrected chi connectivity index (χ0v) is 10.3. The Hall–Kier alpha value is -1.07. The summed E-state index contributed by atoms with van der Waals surface area (Å²) in [5, 5.41) is 0. The quantitative estimate of drug-likeness (QED) is 0.807. The van der Waals surface area contributed by atoms with Crippen molar-refractivity contribution < 1.29 is 13.6 Å². The maximum absolute atomic E-state index is 5.55. The summed E-state index contributed by atoms with van der Waals surface area (Å²) in [7, 11) is 0. The molecule has 0 saturated carbocycles. The van der Waals surface area contributed by atoms with E-state index in [9.17, 15) is 0 Å². The zero-order chi connectivity index (χ0) is 11.1. The average molecular weight is 284 g/mol. The van der Waals surface area contributed by atoms with Crippen LogP contribution in [0.4, 0.5) is 0 Å². The molecule has 3 rings (SSSR count). The number of halogens is 1. The first-order chi connectivity index (χ1) is 7.77. The molecular formula is C11H10BrNO3. The van der Waals surface area contributed by atoms with Crippen molar-refractivity contribution >= 4 is 15.9 Å². The predicted molar refractivity (Wildman–Crippen MR) is 59.1 cm³/mol. The van der Waals surface area contributed by atoms with Crippen molar-refractivity contribution in [2.24, 2.45) is 0 Å². The van der Waals surface area contributed by atoms with Crippen molar-refractivity contribution in [2.75, 3.05) is 6.61 Å². The van der Waals surface area contributed by atoms with Crippen LogP contribution in [-0.2, 0) is 11.3 Å². The van der Waals surface area contributed by atoms with E-state index >= 15 is 0 Å². The number of aromatic nitrogens is 1. The number of oxazole rings is 1. The fourth-order valence-electron chi connectivity index (χ4n) is 2.03. The summed E-state index contributed by atoms with van der Waals surface area (Å²) in [5.74, 6) is 0.940. The molecule has 84 valence electrons. The number of aryl methyl sites for hydroxylation is 1. The first-order valence-electron chi connectivity index (χ1n) is 5.01. The van der Waals surface area contributed by atoms with Gasteiger partial charge in [-0.15, -0.1) is 0 Å². The summed E-state index contributed by atoms with van der Waals surface area (Å²) in [6.07, 6.45) is 3.22. The molecule has 0 radical (unpaired) electrons. The van der Waals surface area contributed by atoms with Crippen molar-refractivity contribution in [1.29, 1.82) is 0 Å². The number of hydrogen-bond donors (Lipinski definition) is 0. The van der Waals surface area contributed by atoms with E-state index < -0.39 is 0 Å². The Morgan fingerprint density at radius 3 is 3.06 bits per heavy atom. The number of fused-ring (bicyclic) bond motifs is 1. The van der Waals surface area contributed by atoms with Gasteiger partial charge in [0.2, 0.25) is 0 Å². The van der Waals surface area contributed by atoms with Gasteiger partial charge in [-0.1, -0.05) is 0 Å². The Bertz CT molecular complexity index is 517. The summed E-state index contributed by atoms with van der Waals surface area (Å²) in [4.78, 5) is 4.11. The topological polar surface area (TPSA) is 48.4 Å². The van der Waals surface area contributed by atoms with Gasteiger partial charge in [0.15, 0.2) is 11.1 Å². The van der Waals surface area contributed by atoms with E-state index in [1.807, 2.05) is 6.92 Å². The third-order valence-corrected chi connectivity index (χ3v) is 3.55. The van der Waals surface area contributed by atoms with E-state index in [1.165, 1.54) is 6.39 Å². The van der Waals surface area contributed by atoms with Gasteiger partial charge in [-0.3, -0.25) is 0 Å². The molecule has 3 heterocycles. The molecule has 1 aliphatic rings. The van der Waals surface area contributed by atoms with E-state index in [4.69, 9.17) is 13.6 Å². The minimum atomic E-state index is 0.0845. The second-order valence-corrected chi connectivity index (χ2v) is 4.53. The minimum Gasteiger partial charge on any atom is -0.457 e. The summed E-state index contributed by atoms with van der Waals surface area (Å²) < 4.78 is 17.1. The number of nitrogens with zero attached hydrogens (tertiary/aromatic N) is 1. The molecule has 2 aromatic rings. The largest absolute Gasteiger partial charge is 0.457 e. The van der Waals surface area contributed by atoms with Gasteiger partial charge in [-0.2, -0.15) is 0 Å². The van der Waals surface area contributed by atoms with Crippen molar-refractivity contribution in [1.82, 2.24) is 4.98 Å². The van der Waals surface area contributed by atoms with Crippen LogP contribution in [0.15, 0.2) is 26.2 Å². The van der Waals surface area contributed by atoms with Crippen LogP contribution in [0.3, 0.4) is 0 Å². The highest BCUT2D eigenvalue weighted by molar-refractivity contribution is 9.10. The lowest BCUT2D eigenvalue weighted by Crippen LogP contribution is -2.16. The highest BCUT2D eigenvalue weighted by Gasteiger charge is 2.30. The lowest BCUT2D eigenvalue weighted by molar-refractivity contribution is 0.0944. The summed E-state index contributed by atoms with van der Waals surface area (Å²) in [5.41, 5.74) is 3.09. The number of ether oxygens (including phenoxy) is 1. The molecule has 0 aromatic carbocycles. The Labute approximate surface area is 101 Å². The Kier molecular flexibility index (Phi) is 2.37. The van der Waals surface area contributed by atoms with E-state index in [1.54, 1.807) is 6.26 Å².